The fourth-order valence-corrected chi connectivity index (χ4v) is 2.53. The van der Waals surface area contributed by atoms with E-state index in [2.05, 4.69) is 5.32 Å². The number of benzene rings is 2. The molecule has 0 unspecified atom stereocenters. The van der Waals surface area contributed by atoms with Gasteiger partial charge in [0.1, 0.15) is 11.5 Å². The number of halogens is 1. The number of nitrogens with one attached hydrogen (secondary N) is 1. The molecular formula is C20H24ClNO4. The molecule has 1 amide bonds. The van der Waals surface area contributed by atoms with Crippen LogP contribution in [-0.4, -0.2) is 25.7 Å². The van der Waals surface area contributed by atoms with Crippen LogP contribution in [0.2, 0.25) is 5.02 Å². The summed E-state index contributed by atoms with van der Waals surface area (Å²) in [5, 5.41) is 3.34. The molecule has 0 fully saturated rings. The highest BCUT2D eigenvalue weighted by Gasteiger charge is 2.14. The van der Waals surface area contributed by atoms with Gasteiger partial charge in [0, 0.05) is 16.1 Å². The molecule has 0 atom stereocenters. The zero-order chi connectivity index (χ0) is 19.1. The smallest absolute Gasteiger partial charge is 0.255 e. The van der Waals surface area contributed by atoms with Crippen molar-refractivity contribution >= 4 is 23.2 Å². The number of ether oxygens (including phenoxy) is 3. The van der Waals surface area contributed by atoms with Crippen LogP contribution in [0, 0.1) is 0 Å². The van der Waals surface area contributed by atoms with Crippen molar-refractivity contribution in [2.75, 3.05) is 19.0 Å². The molecular weight excluding hydrogens is 354 g/mol. The number of methoxy groups -OCH3 is 1. The predicted octanol–water partition coefficient (Wildman–Crippen LogP) is 4.92. The van der Waals surface area contributed by atoms with E-state index in [0.29, 0.717) is 41.0 Å². The van der Waals surface area contributed by atoms with Crippen LogP contribution < -0.4 is 14.8 Å². The lowest BCUT2D eigenvalue weighted by Crippen LogP contribution is -2.14. The van der Waals surface area contributed by atoms with Crippen LogP contribution in [0.25, 0.3) is 0 Å². The molecule has 26 heavy (non-hydrogen) atoms. The van der Waals surface area contributed by atoms with Gasteiger partial charge >= 0.3 is 0 Å². The maximum absolute atomic E-state index is 12.7. The van der Waals surface area contributed by atoms with Crippen molar-refractivity contribution < 1.29 is 19.0 Å². The minimum absolute atomic E-state index is 0.0812. The minimum atomic E-state index is -0.264. The molecule has 2 aromatic carbocycles. The molecule has 140 valence electrons. The largest absolute Gasteiger partial charge is 0.495 e. The fraction of sp³-hybridized carbons (Fsp3) is 0.350. The number of carbonyl (C=O) groups is 1. The summed E-state index contributed by atoms with van der Waals surface area (Å²) in [6, 6.07) is 10.3. The molecule has 0 saturated heterocycles. The molecule has 0 aromatic heterocycles. The summed E-state index contributed by atoms with van der Waals surface area (Å²) in [7, 11) is 1.54. The first kappa shape index (κ1) is 20.1. The Labute approximate surface area is 159 Å². The predicted molar refractivity (Wildman–Crippen MR) is 103 cm³/mol. The van der Waals surface area contributed by atoms with E-state index in [0.717, 1.165) is 5.56 Å². The highest BCUT2D eigenvalue weighted by Crippen LogP contribution is 2.29. The Hall–Kier alpha value is -2.24. The maximum atomic E-state index is 12.7. The van der Waals surface area contributed by atoms with Crippen LogP contribution in [0.4, 0.5) is 5.69 Å². The van der Waals surface area contributed by atoms with Gasteiger partial charge < -0.3 is 19.5 Å². The minimum Gasteiger partial charge on any atom is -0.495 e. The van der Waals surface area contributed by atoms with Crippen molar-refractivity contribution in [3.05, 3.63) is 52.5 Å². The van der Waals surface area contributed by atoms with Gasteiger partial charge in [-0.25, -0.2) is 0 Å². The highest BCUT2D eigenvalue weighted by atomic mass is 35.5. The lowest BCUT2D eigenvalue weighted by molar-refractivity contribution is 0.0641. The van der Waals surface area contributed by atoms with Crippen molar-refractivity contribution in [1.29, 1.82) is 0 Å². The van der Waals surface area contributed by atoms with Crippen molar-refractivity contribution in [2.45, 2.75) is 33.5 Å². The Kier molecular flexibility index (Phi) is 7.30. The molecule has 0 saturated carbocycles. The monoisotopic (exact) mass is 377 g/mol. The third-order valence-electron chi connectivity index (χ3n) is 3.60. The number of hydrogen-bond donors (Lipinski definition) is 1. The van der Waals surface area contributed by atoms with E-state index < -0.39 is 0 Å². The second kappa shape index (κ2) is 9.46. The summed E-state index contributed by atoms with van der Waals surface area (Å²) in [4.78, 5) is 12.7. The lowest BCUT2D eigenvalue weighted by atomic mass is 10.1. The normalized spacial score (nSPS) is 10.7. The van der Waals surface area contributed by atoms with Crippen molar-refractivity contribution in [3.63, 3.8) is 0 Å². The van der Waals surface area contributed by atoms with E-state index in [-0.39, 0.29) is 12.0 Å². The zero-order valence-corrected chi connectivity index (χ0v) is 16.2. The number of hydrogen-bond acceptors (Lipinski definition) is 4. The van der Waals surface area contributed by atoms with Gasteiger partial charge in [-0.2, -0.15) is 0 Å². The average molecular weight is 378 g/mol. The van der Waals surface area contributed by atoms with Gasteiger partial charge in [0.15, 0.2) is 0 Å². The van der Waals surface area contributed by atoms with Crippen molar-refractivity contribution in [1.82, 2.24) is 0 Å². The average Bonchev–Trinajstić information content (AvgIpc) is 2.61. The Morgan fingerprint density at radius 2 is 1.88 bits per heavy atom. The van der Waals surface area contributed by atoms with Gasteiger partial charge in [-0.1, -0.05) is 11.6 Å². The molecule has 6 heteroatoms. The maximum Gasteiger partial charge on any atom is 0.255 e. The second-order valence-corrected chi connectivity index (χ2v) is 6.35. The zero-order valence-electron chi connectivity index (χ0n) is 15.5. The first-order valence-corrected chi connectivity index (χ1v) is 8.84. The lowest BCUT2D eigenvalue weighted by Gasteiger charge is -2.15. The van der Waals surface area contributed by atoms with Gasteiger partial charge in [0.25, 0.3) is 5.91 Å². The Bertz CT molecular complexity index is 761. The molecule has 1 N–H and O–H groups in total. The molecule has 0 spiro atoms. The first-order chi connectivity index (χ1) is 12.4. The molecule has 0 heterocycles. The van der Waals surface area contributed by atoms with Gasteiger partial charge in [0.05, 0.1) is 32.1 Å². The van der Waals surface area contributed by atoms with E-state index in [4.69, 9.17) is 25.8 Å². The fourth-order valence-electron chi connectivity index (χ4n) is 2.36. The van der Waals surface area contributed by atoms with E-state index in [9.17, 15) is 4.79 Å². The van der Waals surface area contributed by atoms with Crippen LogP contribution >= 0.6 is 11.6 Å². The Morgan fingerprint density at radius 3 is 2.54 bits per heavy atom. The molecule has 0 aliphatic rings. The summed E-state index contributed by atoms with van der Waals surface area (Å²) in [5.74, 6) is 0.987. The van der Waals surface area contributed by atoms with Crippen molar-refractivity contribution in [3.8, 4) is 11.5 Å². The number of amides is 1. The number of rotatable bonds is 8. The van der Waals surface area contributed by atoms with E-state index in [1.165, 1.54) is 7.11 Å². The van der Waals surface area contributed by atoms with Crippen LogP contribution in [-0.2, 0) is 11.3 Å². The molecule has 0 aliphatic carbocycles. The first-order valence-electron chi connectivity index (χ1n) is 8.46. The van der Waals surface area contributed by atoms with E-state index >= 15 is 0 Å². The van der Waals surface area contributed by atoms with Crippen LogP contribution in [0.5, 0.6) is 11.5 Å². The van der Waals surface area contributed by atoms with Gasteiger partial charge in [-0.3, -0.25) is 4.79 Å². The second-order valence-electron chi connectivity index (χ2n) is 5.91. The SMILES string of the molecule is CCOc1ccc(C(=O)Nc2cc(Cl)ccc2OC)cc1COC(C)C. The summed E-state index contributed by atoms with van der Waals surface area (Å²) >= 11 is 6.01. The third-order valence-corrected chi connectivity index (χ3v) is 3.84. The van der Waals surface area contributed by atoms with Crippen LogP contribution in [0.15, 0.2) is 36.4 Å². The van der Waals surface area contributed by atoms with E-state index in [1.54, 1.807) is 36.4 Å². The summed E-state index contributed by atoms with van der Waals surface area (Å²) in [6.45, 7) is 6.75. The highest BCUT2D eigenvalue weighted by molar-refractivity contribution is 6.31. The molecule has 0 radical (unpaired) electrons. The Balaban J connectivity index is 2.25. The summed E-state index contributed by atoms with van der Waals surface area (Å²) in [5.41, 5.74) is 1.84. The Morgan fingerprint density at radius 1 is 1.15 bits per heavy atom. The molecule has 2 aromatic rings. The summed E-state index contributed by atoms with van der Waals surface area (Å²) < 4.78 is 16.6. The molecule has 2 rings (SSSR count). The van der Waals surface area contributed by atoms with Crippen LogP contribution in [0.1, 0.15) is 36.7 Å². The summed E-state index contributed by atoms with van der Waals surface area (Å²) in [6.07, 6.45) is 0.0812. The van der Waals surface area contributed by atoms with Crippen LogP contribution in [0.3, 0.4) is 0 Å². The number of anilines is 1. The quantitative estimate of drug-likeness (QED) is 0.709. The topological polar surface area (TPSA) is 56.8 Å². The third kappa shape index (κ3) is 5.38. The molecule has 5 nitrogen and oxygen atoms in total. The van der Waals surface area contributed by atoms with E-state index in [1.807, 2.05) is 20.8 Å². The molecule has 0 aliphatic heterocycles. The molecule has 0 bridgehead atoms. The number of carbonyl (C=O) groups excluding carboxylic acids is 1. The van der Waals surface area contributed by atoms with Crippen molar-refractivity contribution in [2.24, 2.45) is 0 Å². The van der Waals surface area contributed by atoms with Gasteiger partial charge in [-0.15, -0.1) is 0 Å². The van der Waals surface area contributed by atoms with Gasteiger partial charge in [-0.05, 0) is 57.2 Å². The standard InChI is InChI=1S/C20H24ClNO4/c1-5-25-18-8-6-14(10-15(18)12-26-13(2)3)20(23)22-17-11-16(21)7-9-19(17)24-4/h6-11,13H,5,12H2,1-4H3,(H,22,23). The van der Waals surface area contributed by atoms with Gasteiger partial charge in [0.2, 0.25) is 0 Å².